The van der Waals surface area contributed by atoms with Crippen LogP contribution in [-0.4, -0.2) is 39.8 Å². The third kappa shape index (κ3) is 2.53. The number of rotatable bonds is 5. The molecule has 0 aliphatic heterocycles. The molecule has 0 fully saturated rings. The van der Waals surface area contributed by atoms with Crippen molar-refractivity contribution in [2.75, 3.05) is 13.7 Å². The molecular formula is C13H17N5O2. The zero-order valence-electron chi connectivity index (χ0n) is 11.5. The fourth-order valence-electron chi connectivity index (χ4n) is 2.18. The lowest BCUT2D eigenvalue weighted by molar-refractivity contribution is -0.147. The van der Waals surface area contributed by atoms with E-state index in [1.807, 2.05) is 30.3 Å². The van der Waals surface area contributed by atoms with Crippen molar-refractivity contribution in [3.8, 4) is 0 Å². The molecule has 1 aromatic heterocycles. The molecule has 0 spiro atoms. The van der Waals surface area contributed by atoms with Gasteiger partial charge in [0.2, 0.25) is 0 Å². The van der Waals surface area contributed by atoms with E-state index in [2.05, 4.69) is 15.4 Å². The van der Waals surface area contributed by atoms with Crippen LogP contribution in [0.15, 0.2) is 30.3 Å². The van der Waals surface area contributed by atoms with E-state index >= 15 is 0 Å². The Kier molecular flexibility index (Phi) is 4.09. The van der Waals surface area contributed by atoms with Gasteiger partial charge in [-0.1, -0.05) is 30.3 Å². The molecule has 0 amide bonds. The highest BCUT2D eigenvalue weighted by Gasteiger charge is 2.41. The topological polar surface area (TPSA) is 95.9 Å². The Balaban J connectivity index is 2.45. The number of benzene rings is 1. The van der Waals surface area contributed by atoms with Crippen LogP contribution in [0.5, 0.6) is 0 Å². The number of carbonyl (C=O) groups is 1. The number of hydrogen-bond acceptors (Lipinski definition) is 6. The van der Waals surface area contributed by atoms with Gasteiger partial charge in [-0.15, -0.1) is 10.2 Å². The van der Waals surface area contributed by atoms with Crippen LogP contribution < -0.4 is 5.73 Å². The summed E-state index contributed by atoms with van der Waals surface area (Å²) in [6.07, 6.45) is 0.244. The van der Waals surface area contributed by atoms with Crippen molar-refractivity contribution in [2.45, 2.75) is 11.8 Å². The Labute approximate surface area is 116 Å². The first-order valence-electron chi connectivity index (χ1n) is 6.19. The Morgan fingerprint density at radius 1 is 1.40 bits per heavy atom. The number of aromatic nitrogens is 4. The minimum absolute atomic E-state index is 0.0991. The van der Waals surface area contributed by atoms with E-state index in [0.717, 1.165) is 5.56 Å². The van der Waals surface area contributed by atoms with E-state index in [1.54, 1.807) is 7.05 Å². The Bertz CT molecular complexity index is 583. The van der Waals surface area contributed by atoms with Crippen molar-refractivity contribution in [1.29, 1.82) is 0 Å². The average Bonchev–Trinajstić information content (AvgIpc) is 2.90. The second-order valence-electron chi connectivity index (χ2n) is 4.52. The standard InChI is InChI=1S/C13H17N5O2/c1-18-16-11(15-17-18)8-13(9-14,12(19)20-2)10-6-4-3-5-7-10/h3-7H,8-9,14H2,1-2H3. The Morgan fingerprint density at radius 2 is 2.10 bits per heavy atom. The van der Waals surface area contributed by atoms with Crippen LogP contribution in [0, 0.1) is 0 Å². The summed E-state index contributed by atoms with van der Waals surface area (Å²) >= 11 is 0. The lowest BCUT2D eigenvalue weighted by Crippen LogP contribution is -2.46. The van der Waals surface area contributed by atoms with Crippen molar-refractivity contribution in [3.63, 3.8) is 0 Å². The van der Waals surface area contributed by atoms with Gasteiger partial charge in [-0.05, 0) is 10.8 Å². The number of methoxy groups -OCH3 is 1. The van der Waals surface area contributed by atoms with Gasteiger partial charge in [0.15, 0.2) is 5.82 Å². The predicted octanol–water partition coefficient (Wildman–Crippen LogP) is -0.178. The van der Waals surface area contributed by atoms with E-state index in [1.165, 1.54) is 11.9 Å². The van der Waals surface area contributed by atoms with Gasteiger partial charge in [0.25, 0.3) is 0 Å². The highest BCUT2D eigenvalue weighted by atomic mass is 16.5. The fourth-order valence-corrected chi connectivity index (χ4v) is 2.18. The molecule has 2 rings (SSSR count). The second kappa shape index (κ2) is 5.79. The molecule has 2 aromatic rings. The number of nitrogens with zero attached hydrogens (tertiary/aromatic N) is 4. The fraction of sp³-hybridized carbons (Fsp3) is 0.385. The molecule has 0 bridgehead atoms. The summed E-state index contributed by atoms with van der Waals surface area (Å²) in [5.41, 5.74) is 5.67. The molecule has 0 radical (unpaired) electrons. The van der Waals surface area contributed by atoms with Crippen molar-refractivity contribution >= 4 is 5.97 Å². The van der Waals surface area contributed by atoms with Gasteiger partial charge in [-0.2, -0.15) is 4.80 Å². The molecule has 7 heteroatoms. The van der Waals surface area contributed by atoms with E-state index in [4.69, 9.17) is 10.5 Å². The number of tetrazole rings is 1. The molecule has 1 atom stereocenters. The summed E-state index contributed by atoms with van der Waals surface area (Å²) in [5, 5.41) is 11.8. The normalized spacial score (nSPS) is 13.8. The molecule has 1 heterocycles. The van der Waals surface area contributed by atoms with E-state index < -0.39 is 11.4 Å². The molecule has 7 nitrogen and oxygen atoms in total. The largest absolute Gasteiger partial charge is 0.468 e. The van der Waals surface area contributed by atoms with E-state index in [0.29, 0.717) is 5.82 Å². The van der Waals surface area contributed by atoms with Crippen molar-refractivity contribution in [2.24, 2.45) is 12.8 Å². The van der Waals surface area contributed by atoms with Crippen LogP contribution in [0.1, 0.15) is 11.4 Å². The number of esters is 1. The summed E-state index contributed by atoms with van der Waals surface area (Å²) in [7, 11) is 3.01. The van der Waals surface area contributed by atoms with Gasteiger partial charge in [-0.25, -0.2) is 0 Å². The molecule has 1 aromatic carbocycles. The monoisotopic (exact) mass is 275 g/mol. The first-order valence-corrected chi connectivity index (χ1v) is 6.19. The zero-order chi connectivity index (χ0) is 14.6. The molecule has 0 saturated heterocycles. The van der Waals surface area contributed by atoms with Crippen LogP contribution in [0.2, 0.25) is 0 Å². The van der Waals surface area contributed by atoms with Crippen molar-refractivity contribution in [1.82, 2.24) is 20.2 Å². The average molecular weight is 275 g/mol. The summed E-state index contributed by atoms with van der Waals surface area (Å²) in [6, 6.07) is 9.28. The maximum absolute atomic E-state index is 12.3. The van der Waals surface area contributed by atoms with Crippen molar-refractivity contribution in [3.05, 3.63) is 41.7 Å². The van der Waals surface area contributed by atoms with Crippen LogP contribution in [0.3, 0.4) is 0 Å². The quantitative estimate of drug-likeness (QED) is 0.761. The van der Waals surface area contributed by atoms with Crippen molar-refractivity contribution < 1.29 is 9.53 Å². The SMILES string of the molecule is COC(=O)C(CN)(Cc1nnn(C)n1)c1ccccc1. The molecule has 20 heavy (non-hydrogen) atoms. The Morgan fingerprint density at radius 3 is 2.60 bits per heavy atom. The van der Waals surface area contributed by atoms with Gasteiger partial charge in [-0.3, -0.25) is 4.79 Å². The molecule has 0 aliphatic rings. The third-order valence-corrected chi connectivity index (χ3v) is 3.26. The molecule has 0 saturated carbocycles. The van der Waals surface area contributed by atoms with Gasteiger partial charge >= 0.3 is 5.97 Å². The van der Waals surface area contributed by atoms with E-state index in [-0.39, 0.29) is 13.0 Å². The molecule has 1 unspecified atom stereocenters. The number of hydrogen-bond donors (Lipinski definition) is 1. The first-order chi connectivity index (χ1) is 9.62. The summed E-state index contributed by atoms with van der Waals surface area (Å²) in [5.74, 6) is 0.0471. The molecular weight excluding hydrogens is 258 g/mol. The van der Waals surface area contributed by atoms with Gasteiger partial charge in [0.05, 0.1) is 14.2 Å². The van der Waals surface area contributed by atoms with Gasteiger partial charge in [0.1, 0.15) is 5.41 Å². The first kappa shape index (κ1) is 14.1. The summed E-state index contributed by atoms with van der Waals surface area (Å²) < 4.78 is 4.94. The molecule has 2 N–H and O–H groups in total. The summed E-state index contributed by atoms with van der Waals surface area (Å²) in [4.78, 5) is 13.6. The van der Waals surface area contributed by atoms with Crippen LogP contribution in [0.4, 0.5) is 0 Å². The minimum atomic E-state index is -1.00. The van der Waals surface area contributed by atoms with E-state index in [9.17, 15) is 4.79 Å². The zero-order valence-corrected chi connectivity index (χ0v) is 11.5. The van der Waals surface area contributed by atoms with Crippen LogP contribution >= 0.6 is 0 Å². The van der Waals surface area contributed by atoms with Crippen LogP contribution in [0.25, 0.3) is 0 Å². The number of carbonyl (C=O) groups excluding carboxylic acids is 1. The lowest BCUT2D eigenvalue weighted by atomic mass is 9.77. The molecule has 0 aliphatic carbocycles. The lowest BCUT2D eigenvalue weighted by Gasteiger charge is -2.28. The Hall–Kier alpha value is -2.28. The maximum atomic E-state index is 12.3. The smallest absolute Gasteiger partial charge is 0.318 e. The number of ether oxygens (including phenoxy) is 1. The molecule has 106 valence electrons. The van der Waals surface area contributed by atoms with Gasteiger partial charge in [0, 0.05) is 13.0 Å². The third-order valence-electron chi connectivity index (χ3n) is 3.26. The number of aryl methyl sites for hydroxylation is 1. The minimum Gasteiger partial charge on any atom is -0.468 e. The second-order valence-corrected chi connectivity index (χ2v) is 4.52. The highest BCUT2D eigenvalue weighted by molar-refractivity contribution is 5.83. The maximum Gasteiger partial charge on any atom is 0.318 e. The number of nitrogens with two attached hydrogens (primary N) is 1. The summed E-state index contributed by atoms with van der Waals surface area (Å²) in [6.45, 7) is 0.0991. The predicted molar refractivity (Wildman–Crippen MR) is 71.7 cm³/mol. The van der Waals surface area contributed by atoms with Gasteiger partial charge < -0.3 is 10.5 Å². The van der Waals surface area contributed by atoms with Crippen LogP contribution in [-0.2, 0) is 28.4 Å². The highest BCUT2D eigenvalue weighted by Crippen LogP contribution is 2.28.